The summed E-state index contributed by atoms with van der Waals surface area (Å²) in [4.78, 5) is 7.54. The second kappa shape index (κ2) is 7.17. The van der Waals surface area contributed by atoms with Crippen LogP contribution in [0.4, 0.5) is 19.1 Å². The van der Waals surface area contributed by atoms with Crippen LogP contribution in [0.5, 0.6) is 0 Å². The Morgan fingerprint density at radius 3 is 2.67 bits per heavy atom. The van der Waals surface area contributed by atoms with Crippen molar-refractivity contribution in [1.82, 2.24) is 9.97 Å². The van der Waals surface area contributed by atoms with Crippen molar-refractivity contribution >= 4 is 5.95 Å². The molecule has 1 fully saturated rings. The molecule has 1 saturated heterocycles. The van der Waals surface area contributed by atoms with Crippen LogP contribution >= 0.6 is 0 Å². The molecule has 2 unspecified atom stereocenters. The van der Waals surface area contributed by atoms with Gasteiger partial charge in [0.25, 0.3) is 0 Å². The molecule has 2 heterocycles. The van der Waals surface area contributed by atoms with Gasteiger partial charge < -0.3 is 10.1 Å². The van der Waals surface area contributed by atoms with Gasteiger partial charge in [0.05, 0.1) is 6.04 Å². The molecule has 128 valence electrons. The van der Waals surface area contributed by atoms with E-state index in [0.717, 1.165) is 37.3 Å². The summed E-state index contributed by atoms with van der Waals surface area (Å²) in [6, 6.07) is 10.3. The van der Waals surface area contributed by atoms with Crippen molar-refractivity contribution < 1.29 is 17.9 Å². The third-order valence-corrected chi connectivity index (χ3v) is 4.04. The Labute approximate surface area is 138 Å². The maximum atomic E-state index is 12.8. The fourth-order valence-corrected chi connectivity index (χ4v) is 2.81. The second-order valence-electron chi connectivity index (χ2n) is 5.84. The normalized spacial score (nSPS) is 19.2. The van der Waals surface area contributed by atoms with Crippen molar-refractivity contribution in [3.05, 3.63) is 53.9 Å². The first kappa shape index (κ1) is 16.7. The number of ether oxygens (including phenoxy) is 1. The van der Waals surface area contributed by atoms with Crippen LogP contribution in [0.2, 0.25) is 0 Å². The van der Waals surface area contributed by atoms with Crippen LogP contribution in [0.1, 0.15) is 30.1 Å². The third-order valence-electron chi connectivity index (χ3n) is 4.04. The molecule has 1 aliphatic heterocycles. The largest absolute Gasteiger partial charge is 0.433 e. The summed E-state index contributed by atoms with van der Waals surface area (Å²) in [7, 11) is 0. The Kier molecular flexibility index (Phi) is 4.99. The molecule has 1 N–H and O–H groups in total. The van der Waals surface area contributed by atoms with E-state index in [4.69, 9.17) is 4.74 Å². The number of nitrogens with one attached hydrogen (secondary N) is 1. The molecule has 0 amide bonds. The zero-order chi connectivity index (χ0) is 17.0. The quantitative estimate of drug-likeness (QED) is 0.893. The number of benzene rings is 1. The average Bonchev–Trinajstić information content (AvgIpc) is 3.08. The number of rotatable bonds is 5. The first-order valence-electron chi connectivity index (χ1n) is 7.82. The number of aromatic nitrogens is 2. The van der Waals surface area contributed by atoms with Gasteiger partial charge in [0.1, 0.15) is 5.69 Å². The fourth-order valence-electron chi connectivity index (χ4n) is 2.81. The maximum Gasteiger partial charge on any atom is 0.433 e. The van der Waals surface area contributed by atoms with E-state index < -0.39 is 11.9 Å². The van der Waals surface area contributed by atoms with Crippen LogP contribution < -0.4 is 5.32 Å². The Balaban J connectivity index is 1.81. The van der Waals surface area contributed by atoms with Gasteiger partial charge >= 0.3 is 6.18 Å². The molecular formula is C17H18F3N3O. The highest BCUT2D eigenvalue weighted by molar-refractivity contribution is 5.33. The highest BCUT2D eigenvalue weighted by Gasteiger charge is 2.33. The lowest BCUT2D eigenvalue weighted by Gasteiger charge is -2.22. The molecule has 3 rings (SSSR count). The highest BCUT2D eigenvalue weighted by atomic mass is 19.4. The number of nitrogens with zero attached hydrogens (tertiary/aromatic N) is 2. The smallest absolute Gasteiger partial charge is 0.381 e. The summed E-state index contributed by atoms with van der Waals surface area (Å²) in [5.74, 6) is 0.353. The van der Waals surface area contributed by atoms with Gasteiger partial charge in [-0.2, -0.15) is 13.2 Å². The number of hydrogen-bond acceptors (Lipinski definition) is 4. The van der Waals surface area contributed by atoms with E-state index in [0.29, 0.717) is 12.5 Å². The van der Waals surface area contributed by atoms with Crippen molar-refractivity contribution in [1.29, 1.82) is 0 Å². The lowest BCUT2D eigenvalue weighted by Crippen LogP contribution is -2.18. The highest BCUT2D eigenvalue weighted by Crippen LogP contribution is 2.31. The van der Waals surface area contributed by atoms with Gasteiger partial charge in [-0.1, -0.05) is 30.3 Å². The fraction of sp³-hybridized carbons (Fsp3) is 0.412. The molecule has 7 heteroatoms. The minimum atomic E-state index is -4.49. The van der Waals surface area contributed by atoms with E-state index in [-0.39, 0.29) is 12.0 Å². The van der Waals surface area contributed by atoms with Crippen molar-refractivity contribution in [2.24, 2.45) is 5.92 Å². The molecule has 0 spiro atoms. The summed E-state index contributed by atoms with van der Waals surface area (Å²) in [5.41, 5.74) is 0.0430. The van der Waals surface area contributed by atoms with Gasteiger partial charge in [0.2, 0.25) is 5.95 Å². The first-order chi connectivity index (χ1) is 11.5. The Morgan fingerprint density at radius 2 is 2.00 bits per heavy atom. The lowest BCUT2D eigenvalue weighted by atomic mass is 9.94. The Morgan fingerprint density at radius 1 is 1.21 bits per heavy atom. The SMILES string of the molecule is FC(F)(F)c1ccnc(NC(CC2CCOC2)c2ccccc2)n1. The van der Waals surface area contributed by atoms with Crippen LogP contribution in [-0.2, 0) is 10.9 Å². The minimum absolute atomic E-state index is 0.0161. The number of alkyl halides is 3. The Hall–Kier alpha value is -2.15. The zero-order valence-corrected chi connectivity index (χ0v) is 13.0. The molecule has 0 radical (unpaired) electrons. The van der Waals surface area contributed by atoms with Crippen molar-refractivity contribution in [2.75, 3.05) is 18.5 Å². The Bertz CT molecular complexity index is 658. The summed E-state index contributed by atoms with van der Waals surface area (Å²) in [6.45, 7) is 1.40. The summed E-state index contributed by atoms with van der Waals surface area (Å²) in [5, 5.41) is 3.06. The number of anilines is 1. The third kappa shape index (κ3) is 4.23. The van der Waals surface area contributed by atoms with Crippen molar-refractivity contribution in [3.63, 3.8) is 0 Å². The van der Waals surface area contributed by atoms with Gasteiger partial charge in [-0.15, -0.1) is 0 Å². The molecule has 4 nitrogen and oxygen atoms in total. The van der Waals surface area contributed by atoms with Crippen LogP contribution in [0.3, 0.4) is 0 Å². The van der Waals surface area contributed by atoms with Crippen LogP contribution in [-0.4, -0.2) is 23.2 Å². The van der Waals surface area contributed by atoms with Crippen LogP contribution in [0, 0.1) is 5.92 Å². The number of hydrogen-bond donors (Lipinski definition) is 1. The van der Waals surface area contributed by atoms with Gasteiger partial charge in [0, 0.05) is 19.4 Å². The van der Waals surface area contributed by atoms with Gasteiger partial charge in [-0.3, -0.25) is 0 Å². The number of halogens is 3. The first-order valence-corrected chi connectivity index (χ1v) is 7.82. The molecule has 0 aliphatic carbocycles. The molecule has 1 aliphatic rings. The van der Waals surface area contributed by atoms with Crippen molar-refractivity contribution in [3.8, 4) is 0 Å². The van der Waals surface area contributed by atoms with Gasteiger partial charge in [0.15, 0.2) is 0 Å². The second-order valence-corrected chi connectivity index (χ2v) is 5.84. The van der Waals surface area contributed by atoms with Crippen LogP contribution in [0.25, 0.3) is 0 Å². The monoisotopic (exact) mass is 337 g/mol. The van der Waals surface area contributed by atoms with Crippen LogP contribution in [0.15, 0.2) is 42.6 Å². The summed E-state index contributed by atoms with van der Waals surface area (Å²) >= 11 is 0. The van der Waals surface area contributed by atoms with Gasteiger partial charge in [-0.05, 0) is 30.4 Å². The molecule has 1 aromatic heterocycles. The van der Waals surface area contributed by atoms with Gasteiger partial charge in [-0.25, -0.2) is 9.97 Å². The maximum absolute atomic E-state index is 12.8. The van der Waals surface area contributed by atoms with E-state index in [2.05, 4.69) is 15.3 Å². The minimum Gasteiger partial charge on any atom is -0.381 e. The molecule has 0 bridgehead atoms. The predicted octanol–water partition coefficient (Wildman–Crippen LogP) is 4.08. The molecule has 1 aromatic carbocycles. The molecule has 2 aromatic rings. The zero-order valence-electron chi connectivity index (χ0n) is 13.0. The summed E-state index contributed by atoms with van der Waals surface area (Å²) in [6.07, 6.45) is -1.65. The molecule has 0 saturated carbocycles. The summed E-state index contributed by atoms with van der Waals surface area (Å²) < 4.78 is 43.9. The predicted molar refractivity (Wildman–Crippen MR) is 83.4 cm³/mol. The van der Waals surface area contributed by atoms with Crippen molar-refractivity contribution in [2.45, 2.75) is 25.1 Å². The lowest BCUT2D eigenvalue weighted by molar-refractivity contribution is -0.141. The molecule has 24 heavy (non-hydrogen) atoms. The van der Waals surface area contributed by atoms with E-state index in [1.807, 2.05) is 30.3 Å². The van der Waals surface area contributed by atoms with E-state index in [1.165, 1.54) is 0 Å². The standard InChI is InChI=1S/C17H18F3N3O/c18-17(19,20)15-6-8-21-16(23-15)22-14(10-12-7-9-24-11-12)13-4-2-1-3-5-13/h1-6,8,12,14H,7,9-11H2,(H,21,22,23). The van der Waals surface area contributed by atoms with E-state index >= 15 is 0 Å². The molecular weight excluding hydrogens is 319 g/mol. The topological polar surface area (TPSA) is 47.0 Å². The molecule has 2 atom stereocenters. The van der Waals surface area contributed by atoms with E-state index in [9.17, 15) is 13.2 Å². The average molecular weight is 337 g/mol. The van der Waals surface area contributed by atoms with E-state index in [1.54, 1.807) is 0 Å².